The van der Waals surface area contributed by atoms with Gasteiger partial charge in [0.1, 0.15) is 5.75 Å². The van der Waals surface area contributed by atoms with Gasteiger partial charge in [-0.3, -0.25) is 4.79 Å². The molecule has 1 amide bonds. The van der Waals surface area contributed by atoms with Crippen molar-refractivity contribution in [1.82, 2.24) is 0 Å². The Bertz CT molecular complexity index is 1170. The SMILES string of the molecule is O=C(O[C@H](C(=O)Nc1cc(C(F)(F)F)ccc1Cl)c1ccccc1)c1cccc(OC(F)F)c1. The van der Waals surface area contributed by atoms with Gasteiger partial charge in [-0.15, -0.1) is 0 Å². The zero-order chi connectivity index (χ0) is 24.9. The number of nitrogens with one attached hydrogen (secondary N) is 1. The van der Waals surface area contributed by atoms with Crippen molar-refractivity contribution in [2.75, 3.05) is 5.32 Å². The Morgan fingerprint density at radius 1 is 0.912 bits per heavy atom. The fourth-order valence-corrected chi connectivity index (χ4v) is 3.04. The summed E-state index contributed by atoms with van der Waals surface area (Å²) < 4.78 is 73.6. The third-order valence-electron chi connectivity index (χ3n) is 4.41. The van der Waals surface area contributed by atoms with Crippen LogP contribution in [-0.2, 0) is 15.7 Å². The smallest absolute Gasteiger partial charge is 0.416 e. The number of carbonyl (C=O) groups is 2. The Balaban J connectivity index is 1.88. The largest absolute Gasteiger partial charge is 0.444 e. The lowest BCUT2D eigenvalue weighted by Gasteiger charge is -2.19. The van der Waals surface area contributed by atoms with E-state index in [4.69, 9.17) is 16.3 Å². The molecular weight excluding hydrogens is 485 g/mol. The van der Waals surface area contributed by atoms with Gasteiger partial charge in [0, 0.05) is 5.56 Å². The summed E-state index contributed by atoms with van der Waals surface area (Å²) in [7, 11) is 0. The van der Waals surface area contributed by atoms with Crippen LogP contribution in [0.2, 0.25) is 5.02 Å². The number of halogens is 6. The third-order valence-corrected chi connectivity index (χ3v) is 4.74. The van der Waals surface area contributed by atoms with Crippen molar-refractivity contribution in [3.05, 3.63) is 94.5 Å². The lowest BCUT2D eigenvalue weighted by atomic mass is 10.1. The number of rotatable bonds is 7. The van der Waals surface area contributed by atoms with Crippen LogP contribution in [0.5, 0.6) is 5.75 Å². The molecule has 3 rings (SSSR count). The molecule has 34 heavy (non-hydrogen) atoms. The van der Waals surface area contributed by atoms with Gasteiger partial charge >= 0.3 is 18.8 Å². The van der Waals surface area contributed by atoms with Crippen molar-refractivity contribution < 1.29 is 41.0 Å². The van der Waals surface area contributed by atoms with Crippen LogP contribution in [0.4, 0.5) is 27.6 Å². The highest BCUT2D eigenvalue weighted by molar-refractivity contribution is 6.33. The molecule has 5 nitrogen and oxygen atoms in total. The molecule has 0 radical (unpaired) electrons. The van der Waals surface area contributed by atoms with Crippen molar-refractivity contribution in [3.63, 3.8) is 0 Å². The molecule has 178 valence electrons. The van der Waals surface area contributed by atoms with Gasteiger partial charge in [-0.25, -0.2) is 4.79 Å². The van der Waals surface area contributed by atoms with Crippen LogP contribution in [0, 0.1) is 0 Å². The maximum absolute atomic E-state index is 13.0. The molecule has 1 N–H and O–H groups in total. The van der Waals surface area contributed by atoms with E-state index in [1.54, 1.807) is 18.2 Å². The molecule has 0 spiro atoms. The zero-order valence-corrected chi connectivity index (χ0v) is 17.7. The number of benzene rings is 3. The van der Waals surface area contributed by atoms with Crippen molar-refractivity contribution in [1.29, 1.82) is 0 Å². The van der Waals surface area contributed by atoms with E-state index < -0.39 is 36.3 Å². The maximum Gasteiger partial charge on any atom is 0.416 e. The zero-order valence-electron chi connectivity index (χ0n) is 17.0. The molecule has 3 aromatic carbocycles. The number of hydrogen-bond donors (Lipinski definition) is 1. The van der Waals surface area contributed by atoms with E-state index in [9.17, 15) is 31.5 Å². The van der Waals surface area contributed by atoms with Gasteiger partial charge in [-0.2, -0.15) is 22.0 Å². The molecule has 0 bridgehead atoms. The van der Waals surface area contributed by atoms with E-state index in [1.807, 2.05) is 0 Å². The van der Waals surface area contributed by atoms with Gasteiger partial charge in [-0.05, 0) is 36.4 Å². The second-order valence-corrected chi connectivity index (χ2v) is 7.19. The number of hydrogen-bond acceptors (Lipinski definition) is 4. The van der Waals surface area contributed by atoms with Gasteiger partial charge in [0.15, 0.2) is 0 Å². The monoisotopic (exact) mass is 499 g/mol. The van der Waals surface area contributed by atoms with Gasteiger partial charge in [-0.1, -0.05) is 48.0 Å². The fraction of sp³-hybridized carbons (Fsp3) is 0.130. The number of carbonyl (C=O) groups excluding carboxylic acids is 2. The van der Waals surface area contributed by atoms with E-state index in [0.717, 1.165) is 18.2 Å². The van der Waals surface area contributed by atoms with Gasteiger partial charge < -0.3 is 14.8 Å². The van der Waals surface area contributed by atoms with E-state index in [-0.39, 0.29) is 27.6 Å². The lowest BCUT2D eigenvalue weighted by molar-refractivity contribution is -0.137. The Kier molecular flexibility index (Phi) is 7.72. The van der Waals surface area contributed by atoms with Crippen molar-refractivity contribution in [2.24, 2.45) is 0 Å². The van der Waals surface area contributed by atoms with Crippen LogP contribution >= 0.6 is 11.6 Å². The van der Waals surface area contributed by atoms with Crippen LogP contribution in [0.3, 0.4) is 0 Å². The fourth-order valence-electron chi connectivity index (χ4n) is 2.87. The molecule has 0 aliphatic heterocycles. The first-order chi connectivity index (χ1) is 16.0. The van der Waals surface area contributed by atoms with Gasteiger partial charge in [0.05, 0.1) is 21.8 Å². The highest BCUT2D eigenvalue weighted by Gasteiger charge is 2.32. The highest BCUT2D eigenvalue weighted by Crippen LogP contribution is 2.34. The molecule has 11 heteroatoms. The van der Waals surface area contributed by atoms with Crippen LogP contribution in [0.25, 0.3) is 0 Å². The number of esters is 1. The van der Waals surface area contributed by atoms with Crippen LogP contribution in [0.1, 0.15) is 27.6 Å². The first-order valence-electron chi connectivity index (χ1n) is 9.53. The molecule has 0 aliphatic carbocycles. The number of ether oxygens (including phenoxy) is 2. The first kappa shape index (κ1) is 25.0. The topological polar surface area (TPSA) is 64.6 Å². The summed E-state index contributed by atoms with van der Waals surface area (Å²) in [5.74, 6) is -2.35. The first-order valence-corrected chi connectivity index (χ1v) is 9.91. The van der Waals surface area contributed by atoms with E-state index in [2.05, 4.69) is 10.1 Å². The molecule has 0 aromatic heterocycles. The van der Waals surface area contributed by atoms with E-state index in [0.29, 0.717) is 6.07 Å². The third kappa shape index (κ3) is 6.44. The summed E-state index contributed by atoms with van der Waals surface area (Å²) in [4.78, 5) is 25.6. The molecule has 3 aromatic rings. The summed E-state index contributed by atoms with van der Waals surface area (Å²) in [6, 6.07) is 14.7. The Labute approximate surface area is 195 Å². The van der Waals surface area contributed by atoms with E-state index in [1.165, 1.54) is 30.3 Å². The Morgan fingerprint density at radius 3 is 2.26 bits per heavy atom. The second-order valence-electron chi connectivity index (χ2n) is 6.78. The summed E-state index contributed by atoms with van der Waals surface area (Å²) in [5.41, 5.74) is -1.37. The molecular formula is C23H15ClF5NO4. The predicted molar refractivity (Wildman–Crippen MR) is 113 cm³/mol. The van der Waals surface area contributed by atoms with Gasteiger partial charge in [0.2, 0.25) is 6.10 Å². The van der Waals surface area contributed by atoms with E-state index >= 15 is 0 Å². The minimum atomic E-state index is -4.68. The van der Waals surface area contributed by atoms with Crippen molar-refractivity contribution >= 4 is 29.2 Å². The average Bonchev–Trinajstić information content (AvgIpc) is 2.78. The minimum absolute atomic E-state index is 0.170. The number of alkyl halides is 5. The summed E-state index contributed by atoms with van der Waals surface area (Å²) >= 11 is 5.94. The second kappa shape index (κ2) is 10.5. The number of amides is 1. The van der Waals surface area contributed by atoms with Crippen LogP contribution in [-0.4, -0.2) is 18.5 Å². The van der Waals surface area contributed by atoms with Crippen LogP contribution < -0.4 is 10.1 Å². The molecule has 0 fully saturated rings. The predicted octanol–water partition coefficient (Wildman–Crippen LogP) is 6.50. The van der Waals surface area contributed by atoms with Crippen molar-refractivity contribution in [3.8, 4) is 5.75 Å². The molecule has 0 heterocycles. The van der Waals surface area contributed by atoms with Crippen LogP contribution in [0.15, 0.2) is 72.8 Å². The quantitative estimate of drug-likeness (QED) is 0.298. The molecule has 0 saturated carbocycles. The normalized spacial score (nSPS) is 12.2. The minimum Gasteiger partial charge on any atom is -0.444 e. The van der Waals surface area contributed by atoms with Crippen molar-refractivity contribution in [2.45, 2.75) is 18.9 Å². The molecule has 0 aliphatic rings. The standard InChI is InChI=1S/C23H15ClF5NO4/c24-17-10-9-15(23(27,28)29)12-18(17)30-20(31)19(13-5-2-1-3-6-13)34-21(32)14-7-4-8-16(11-14)33-22(25)26/h1-12,19,22H,(H,30,31)/t19-/m0/s1. The molecule has 0 saturated heterocycles. The lowest BCUT2D eigenvalue weighted by Crippen LogP contribution is -2.26. The average molecular weight is 500 g/mol. The summed E-state index contributed by atoms with van der Waals surface area (Å²) in [6.45, 7) is -3.12. The van der Waals surface area contributed by atoms with Gasteiger partial charge in [0.25, 0.3) is 5.91 Å². The highest BCUT2D eigenvalue weighted by atomic mass is 35.5. The summed E-state index contributed by atoms with van der Waals surface area (Å²) in [5, 5.41) is 2.07. The molecule has 1 atom stereocenters. The maximum atomic E-state index is 13.0. The summed E-state index contributed by atoms with van der Waals surface area (Å²) in [6.07, 6.45) is -6.28. The number of anilines is 1. The Morgan fingerprint density at radius 2 is 1.62 bits per heavy atom. The molecule has 0 unspecified atom stereocenters. The Hall–Kier alpha value is -3.66.